The molecule has 29 heavy (non-hydrogen) atoms. The number of fused-ring (bicyclic) bond motifs is 1. The lowest BCUT2D eigenvalue weighted by Gasteiger charge is -2.20. The van der Waals surface area contributed by atoms with Crippen LogP contribution in [-0.4, -0.2) is 31.6 Å². The highest BCUT2D eigenvalue weighted by molar-refractivity contribution is 5.87. The zero-order valence-electron chi connectivity index (χ0n) is 17.1. The van der Waals surface area contributed by atoms with Crippen molar-refractivity contribution in [2.75, 3.05) is 0 Å². The average Bonchev–Trinajstić information content (AvgIpc) is 3.40. The van der Waals surface area contributed by atoms with Gasteiger partial charge in [-0.2, -0.15) is 5.10 Å². The first-order valence-corrected chi connectivity index (χ1v) is 10.5. The van der Waals surface area contributed by atoms with Crippen molar-refractivity contribution in [3.8, 4) is 17.1 Å². The van der Waals surface area contributed by atoms with Gasteiger partial charge in [-0.1, -0.05) is 6.92 Å². The van der Waals surface area contributed by atoms with E-state index in [1.54, 1.807) is 4.68 Å². The summed E-state index contributed by atoms with van der Waals surface area (Å²) in [5.74, 6) is 1.90. The lowest BCUT2D eigenvalue weighted by Crippen LogP contribution is -2.22. The molecular weight excluding hydrogens is 364 g/mol. The zero-order chi connectivity index (χ0) is 20.1. The largest absolute Gasteiger partial charge is 0.474 e. The summed E-state index contributed by atoms with van der Waals surface area (Å²) in [4.78, 5) is 21.4. The van der Waals surface area contributed by atoms with Gasteiger partial charge in [0.25, 0.3) is 0 Å². The van der Waals surface area contributed by atoms with Crippen LogP contribution in [0.15, 0.2) is 30.6 Å². The number of ketones is 1. The Morgan fingerprint density at radius 3 is 2.76 bits per heavy atom. The van der Waals surface area contributed by atoms with Gasteiger partial charge in [-0.3, -0.25) is 14.5 Å². The summed E-state index contributed by atoms with van der Waals surface area (Å²) in [5, 5.41) is 5.46. The summed E-state index contributed by atoms with van der Waals surface area (Å²) in [6.45, 7) is 4.05. The maximum absolute atomic E-state index is 12.0. The monoisotopic (exact) mass is 390 g/mol. The highest BCUT2D eigenvalue weighted by atomic mass is 16.5. The minimum atomic E-state index is -0.0783. The molecule has 6 heteroatoms. The van der Waals surface area contributed by atoms with Crippen molar-refractivity contribution in [2.45, 2.75) is 51.6 Å². The van der Waals surface area contributed by atoms with Gasteiger partial charge in [0.2, 0.25) is 5.88 Å². The molecule has 6 nitrogen and oxygen atoms in total. The number of nitrogens with zero attached hydrogens (tertiary/aromatic N) is 4. The van der Waals surface area contributed by atoms with Gasteiger partial charge in [0.15, 0.2) is 0 Å². The Morgan fingerprint density at radius 1 is 1.28 bits per heavy atom. The van der Waals surface area contributed by atoms with Crippen LogP contribution in [-0.2, 0) is 11.8 Å². The van der Waals surface area contributed by atoms with Crippen molar-refractivity contribution in [1.29, 1.82) is 0 Å². The SMILES string of the molecule is CC1C[C@H]([C@@H](C)Oc2nc(-c3ccc(C4CC4)nc3)cc3nn(C)cc23)CC1=O. The first-order valence-electron chi connectivity index (χ1n) is 10.5. The summed E-state index contributed by atoms with van der Waals surface area (Å²) in [7, 11) is 1.90. The van der Waals surface area contributed by atoms with Crippen molar-refractivity contribution in [3.63, 3.8) is 0 Å². The third kappa shape index (κ3) is 3.52. The second kappa shape index (κ2) is 6.94. The van der Waals surface area contributed by atoms with Crippen molar-refractivity contribution in [2.24, 2.45) is 18.9 Å². The number of hydrogen-bond acceptors (Lipinski definition) is 5. The number of hydrogen-bond donors (Lipinski definition) is 0. The molecule has 3 heterocycles. The third-order valence-corrected chi connectivity index (χ3v) is 6.29. The number of carbonyl (C=O) groups is 1. The fraction of sp³-hybridized carbons (Fsp3) is 0.478. The lowest BCUT2D eigenvalue weighted by molar-refractivity contribution is -0.120. The van der Waals surface area contributed by atoms with Gasteiger partial charge in [0.1, 0.15) is 11.9 Å². The molecule has 0 radical (unpaired) electrons. The van der Waals surface area contributed by atoms with Crippen molar-refractivity contribution < 1.29 is 9.53 Å². The van der Waals surface area contributed by atoms with Crippen molar-refractivity contribution >= 4 is 16.7 Å². The van der Waals surface area contributed by atoms with Gasteiger partial charge in [0.05, 0.1) is 16.6 Å². The summed E-state index contributed by atoms with van der Waals surface area (Å²) in [6, 6.07) is 6.18. The summed E-state index contributed by atoms with van der Waals surface area (Å²) in [5.41, 5.74) is 3.79. The highest BCUT2D eigenvalue weighted by Crippen LogP contribution is 2.39. The minimum absolute atomic E-state index is 0.0783. The van der Waals surface area contributed by atoms with E-state index in [4.69, 9.17) is 9.72 Å². The number of aryl methyl sites for hydroxylation is 1. The molecule has 0 amide bonds. The first kappa shape index (κ1) is 18.3. The van der Waals surface area contributed by atoms with Gasteiger partial charge >= 0.3 is 0 Å². The second-order valence-electron chi connectivity index (χ2n) is 8.68. The highest BCUT2D eigenvalue weighted by Gasteiger charge is 2.34. The molecule has 0 aromatic carbocycles. The normalized spacial score (nSPS) is 22.9. The molecule has 2 fully saturated rings. The Hall–Kier alpha value is -2.76. The number of ether oxygens (including phenoxy) is 1. The van der Waals surface area contributed by atoms with Crippen LogP contribution in [0, 0.1) is 11.8 Å². The number of carbonyl (C=O) groups excluding carboxylic acids is 1. The van der Waals surface area contributed by atoms with E-state index in [1.165, 1.54) is 12.8 Å². The van der Waals surface area contributed by atoms with Crippen LogP contribution in [0.3, 0.4) is 0 Å². The molecule has 3 aromatic heterocycles. The van der Waals surface area contributed by atoms with Crippen LogP contribution >= 0.6 is 0 Å². The Morgan fingerprint density at radius 2 is 2.10 bits per heavy atom. The van der Waals surface area contributed by atoms with Gasteiger partial charge in [0, 0.05) is 54.9 Å². The molecule has 5 rings (SSSR count). The molecule has 0 saturated heterocycles. The molecule has 2 aliphatic carbocycles. The molecule has 2 aliphatic rings. The van der Waals surface area contributed by atoms with Crippen LogP contribution in [0.25, 0.3) is 22.2 Å². The van der Waals surface area contributed by atoms with Crippen molar-refractivity contribution in [3.05, 3.63) is 36.3 Å². The molecule has 0 spiro atoms. The van der Waals surface area contributed by atoms with E-state index in [0.717, 1.165) is 34.3 Å². The fourth-order valence-electron chi connectivity index (χ4n) is 4.28. The Balaban J connectivity index is 1.47. The third-order valence-electron chi connectivity index (χ3n) is 6.29. The van der Waals surface area contributed by atoms with Gasteiger partial charge < -0.3 is 4.74 Å². The molecule has 0 bridgehead atoms. The van der Waals surface area contributed by atoms with Crippen LogP contribution < -0.4 is 4.74 Å². The maximum Gasteiger partial charge on any atom is 0.225 e. The summed E-state index contributed by atoms with van der Waals surface area (Å²) < 4.78 is 8.10. The van der Waals surface area contributed by atoms with Crippen LogP contribution in [0.4, 0.5) is 0 Å². The molecular formula is C23H26N4O2. The van der Waals surface area contributed by atoms with Crippen molar-refractivity contribution in [1.82, 2.24) is 19.7 Å². The fourth-order valence-corrected chi connectivity index (χ4v) is 4.28. The summed E-state index contributed by atoms with van der Waals surface area (Å²) >= 11 is 0. The van der Waals surface area contributed by atoms with Gasteiger partial charge in [-0.25, -0.2) is 4.98 Å². The molecule has 150 valence electrons. The van der Waals surface area contributed by atoms with E-state index >= 15 is 0 Å². The second-order valence-corrected chi connectivity index (χ2v) is 8.68. The standard InChI is InChI=1S/C23H26N4O2/c1-13-8-17(9-22(13)28)14(2)29-23-18-12-27(3)26-21(18)10-20(25-23)16-6-7-19(24-11-16)15-4-5-15/h6-7,10-15,17H,4-5,8-9H2,1-3H3/t13?,14-,17+/m1/s1. The molecule has 0 N–H and O–H groups in total. The quantitative estimate of drug-likeness (QED) is 0.650. The van der Waals surface area contributed by atoms with Crippen LogP contribution in [0.1, 0.15) is 51.1 Å². The molecule has 3 atom stereocenters. The maximum atomic E-state index is 12.0. The lowest BCUT2D eigenvalue weighted by atomic mass is 10.0. The van der Waals surface area contributed by atoms with E-state index in [1.807, 2.05) is 39.4 Å². The van der Waals surface area contributed by atoms with Gasteiger partial charge in [-0.15, -0.1) is 0 Å². The smallest absolute Gasteiger partial charge is 0.225 e. The van der Waals surface area contributed by atoms with Gasteiger partial charge in [-0.05, 0) is 44.4 Å². The molecule has 0 aliphatic heterocycles. The van der Waals surface area contributed by atoms with E-state index < -0.39 is 0 Å². The Labute approximate surface area is 170 Å². The predicted molar refractivity (Wildman–Crippen MR) is 111 cm³/mol. The summed E-state index contributed by atoms with van der Waals surface area (Å²) in [6.07, 6.45) is 7.70. The Bertz CT molecular complexity index is 1070. The Kier molecular flexibility index (Phi) is 4.37. The van der Waals surface area contributed by atoms with E-state index in [2.05, 4.69) is 22.2 Å². The van der Waals surface area contributed by atoms with E-state index in [0.29, 0.717) is 24.0 Å². The zero-order valence-corrected chi connectivity index (χ0v) is 17.1. The van der Waals surface area contributed by atoms with Crippen LogP contribution in [0.2, 0.25) is 0 Å². The minimum Gasteiger partial charge on any atom is -0.474 e. The topological polar surface area (TPSA) is 69.9 Å². The molecule has 3 aromatic rings. The average molecular weight is 390 g/mol. The van der Waals surface area contributed by atoms with E-state index in [-0.39, 0.29) is 17.9 Å². The molecule has 2 saturated carbocycles. The number of aromatic nitrogens is 4. The number of pyridine rings is 2. The predicted octanol–water partition coefficient (Wildman–Crippen LogP) is 4.29. The number of rotatable bonds is 5. The first-order chi connectivity index (χ1) is 14.0. The van der Waals surface area contributed by atoms with E-state index in [9.17, 15) is 4.79 Å². The number of Topliss-reactive ketones (excluding diaryl/α,β-unsaturated/α-hetero) is 1. The molecule has 1 unspecified atom stereocenters. The van der Waals surface area contributed by atoms with Crippen LogP contribution in [0.5, 0.6) is 5.88 Å².